The van der Waals surface area contributed by atoms with Crippen LogP contribution in [0.5, 0.6) is 0 Å². The summed E-state index contributed by atoms with van der Waals surface area (Å²) in [6.07, 6.45) is 7.44. The predicted octanol–water partition coefficient (Wildman–Crippen LogP) is 7.23. The van der Waals surface area contributed by atoms with Gasteiger partial charge >= 0.3 is 6.03 Å². The second-order valence-electron chi connectivity index (χ2n) is 24.4. The number of primary amides is 1. The predicted molar refractivity (Wildman–Crippen MR) is 339 cm³/mol. The molecule has 1 saturated heterocycles. The summed E-state index contributed by atoms with van der Waals surface area (Å²) < 4.78 is 12.1. The first-order valence-corrected chi connectivity index (χ1v) is 32.1. The first-order valence-electron chi connectivity index (χ1n) is 30.9. The van der Waals surface area contributed by atoms with Gasteiger partial charge in [-0.05, 0) is 93.8 Å². The van der Waals surface area contributed by atoms with Gasteiger partial charge in [-0.3, -0.25) is 43.3 Å². The molecule has 0 saturated carbocycles. The van der Waals surface area contributed by atoms with E-state index in [1.54, 1.807) is 67.5 Å². The summed E-state index contributed by atoms with van der Waals surface area (Å²) in [5, 5.41) is 11.8. The van der Waals surface area contributed by atoms with Crippen LogP contribution in [0.1, 0.15) is 157 Å². The number of likely N-dealkylation sites (tertiary alicyclic amines) is 1. The number of hydrogen-bond donors (Lipinski definition) is 5. The highest BCUT2D eigenvalue weighted by molar-refractivity contribution is 7.98. The van der Waals surface area contributed by atoms with Crippen molar-refractivity contribution in [3.8, 4) is 11.8 Å². The first-order chi connectivity index (χ1) is 41.2. The Morgan fingerprint density at radius 1 is 0.793 bits per heavy atom. The van der Waals surface area contributed by atoms with E-state index in [-0.39, 0.29) is 129 Å². The quantitative estimate of drug-likeness (QED) is 0.0192. The third-order valence-corrected chi connectivity index (χ3v) is 17.2. The number of rotatable bonds is 38. The lowest BCUT2D eigenvalue weighted by Gasteiger charge is -2.41. The van der Waals surface area contributed by atoms with E-state index in [9.17, 15) is 43.2 Å². The molecule has 21 nitrogen and oxygen atoms in total. The number of aromatic nitrogens is 2. The molecule has 6 N–H and O–H groups in total. The summed E-state index contributed by atoms with van der Waals surface area (Å²) in [5.41, 5.74) is 7.11. The van der Waals surface area contributed by atoms with Crippen molar-refractivity contribution in [1.29, 1.82) is 0 Å². The molecule has 22 heteroatoms. The number of hydrogen-bond acceptors (Lipinski definition) is 15. The molecule has 10 atom stereocenters. The minimum atomic E-state index is -0.835. The molecule has 0 aliphatic carbocycles. The van der Waals surface area contributed by atoms with E-state index < -0.39 is 60.0 Å². The third-order valence-electron chi connectivity index (χ3n) is 16.6. The highest BCUT2D eigenvalue weighted by atomic mass is 32.2. The number of carbonyl (C=O) groups is 9. The summed E-state index contributed by atoms with van der Waals surface area (Å²) in [5.74, 6) is 1.83. The number of urea groups is 1. The van der Waals surface area contributed by atoms with Gasteiger partial charge in [0, 0.05) is 115 Å². The van der Waals surface area contributed by atoms with Crippen molar-refractivity contribution >= 4 is 70.4 Å². The van der Waals surface area contributed by atoms with Gasteiger partial charge in [-0.25, -0.2) is 14.8 Å². The summed E-state index contributed by atoms with van der Waals surface area (Å²) in [6.45, 7) is 18.2. The second kappa shape index (κ2) is 38.2. The van der Waals surface area contributed by atoms with Gasteiger partial charge in [-0.1, -0.05) is 104 Å². The molecule has 7 amide bonds. The average Bonchev–Trinajstić information content (AvgIpc) is 4.25. The lowest BCUT2D eigenvalue weighted by molar-refractivity contribution is -0.149. The van der Waals surface area contributed by atoms with E-state index in [1.807, 2.05) is 80.6 Å². The van der Waals surface area contributed by atoms with Gasteiger partial charge in [0.1, 0.15) is 5.78 Å². The lowest BCUT2D eigenvalue weighted by Crippen LogP contribution is -2.54. The molecule has 87 heavy (non-hydrogen) atoms. The van der Waals surface area contributed by atoms with E-state index in [1.165, 1.54) is 18.9 Å². The van der Waals surface area contributed by atoms with Crippen LogP contribution in [0, 0.1) is 53.3 Å². The summed E-state index contributed by atoms with van der Waals surface area (Å²) in [4.78, 5) is 135. The maximum atomic E-state index is 14.4. The van der Waals surface area contributed by atoms with Crippen molar-refractivity contribution in [2.24, 2.45) is 47.2 Å². The molecule has 0 radical (unpaired) electrons. The molecule has 2 heterocycles. The van der Waals surface area contributed by atoms with Gasteiger partial charge in [-0.15, -0.1) is 0 Å². The van der Waals surface area contributed by atoms with Crippen molar-refractivity contribution in [3.63, 3.8) is 0 Å². The van der Waals surface area contributed by atoms with Crippen molar-refractivity contribution in [3.05, 3.63) is 47.8 Å². The van der Waals surface area contributed by atoms with Gasteiger partial charge < -0.3 is 46.3 Å². The number of ether oxygens (including phenoxy) is 2. The molecule has 1 aliphatic rings. The number of carbonyl (C=O) groups excluding carboxylic acids is 9. The van der Waals surface area contributed by atoms with Gasteiger partial charge in [0.2, 0.25) is 29.5 Å². The number of nitrogens with one attached hydrogen (secondary N) is 4. The number of ketones is 3. The van der Waals surface area contributed by atoms with Crippen LogP contribution in [-0.4, -0.2) is 169 Å². The molecular formula is C65H102N10O11S. The molecule has 1 aliphatic heterocycles. The monoisotopic (exact) mass is 1230 g/mol. The van der Waals surface area contributed by atoms with Crippen molar-refractivity contribution in [2.45, 2.75) is 194 Å². The van der Waals surface area contributed by atoms with Crippen molar-refractivity contribution < 1.29 is 52.6 Å². The zero-order valence-electron chi connectivity index (χ0n) is 54.5. The van der Waals surface area contributed by atoms with Crippen molar-refractivity contribution in [2.75, 3.05) is 60.0 Å². The number of nitrogens with zero attached hydrogens (tertiary/aromatic N) is 5. The lowest BCUT2D eigenvalue weighted by atomic mass is 9.83. The van der Waals surface area contributed by atoms with E-state index >= 15 is 0 Å². The van der Waals surface area contributed by atoms with Crippen LogP contribution >= 0.6 is 11.8 Å². The smallest absolute Gasteiger partial charge is 0.312 e. The van der Waals surface area contributed by atoms with Gasteiger partial charge in [0.05, 0.1) is 48.4 Å². The zero-order valence-corrected chi connectivity index (χ0v) is 55.3. The van der Waals surface area contributed by atoms with Crippen LogP contribution in [0.15, 0.2) is 41.8 Å². The maximum Gasteiger partial charge on any atom is 0.312 e. The van der Waals surface area contributed by atoms with Crippen LogP contribution in [0.2, 0.25) is 0 Å². The molecule has 1 aromatic heterocycles. The molecule has 0 unspecified atom stereocenters. The topological polar surface area (TPSA) is 282 Å². The van der Waals surface area contributed by atoms with Crippen LogP contribution < -0.4 is 27.0 Å². The molecule has 1 aromatic carbocycles. The van der Waals surface area contributed by atoms with Gasteiger partial charge in [0.15, 0.2) is 16.7 Å². The number of Topliss-reactive ketones (excluding diaryl/α,β-unsaturated/α-hetero) is 3. The van der Waals surface area contributed by atoms with Crippen LogP contribution in [0.4, 0.5) is 10.5 Å². The van der Waals surface area contributed by atoms with E-state index in [2.05, 4.69) is 43.1 Å². The molecule has 484 valence electrons. The number of likely N-dealkylation sites (N-methyl/N-ethyl adjacent to an activating group) is 2. The number of methoxy groups -OCH3 is 2. The molecule has 0 spiro atoms. The fourth-order valence-electron chi connectivity index (χ4n) is 11.6. The Bertz CT molecular complexity index is 2620. The fourth-order valence-corrected chi connectivity index (χ4v) is 11.9. The Morgan fingerprint density at radius 3 is 2.02 bits per heavy atom. The molecule has 3 rings (SSSR count). The summed E-state index contributed by atoms with van der Waals surface area (Å²) in [6, 6.07) is 4.11. The van der Waals surface area contributed by atoms with Crippen LogP contribution in [0.3, 0.4) is 0 Å². The average molecular weight is 1230 g/mol. The Balaban J connectivity index is 1.59. The number of benzene rings is 1. The highest BCUT2D eigenvalue weighted by Crippen LogP contribution is 2.32. The molecule has 1 fully saturated rings. The minimum Gasteiger partial charge on any atom is -0.379 e. The highest BCUT2D eigenvalue weighted by Gasteiger charge is 2.43. The Kier molecular flexibility index (Phi) is 32.9. The number of amides is 7. The Hall–Kier alpha value is -6.28. The van der Waals surface area contributed by atoms with E-state index in [0.717, 1.165) is 12.0 Å². The minimum absolute atomic E-state index is 0.00685. The summed E-state index contributed by atoms with van der Waals surface area (Å²) >= 11 is 1.43. The fraction of sp³-hybridized carbons (Fsp3) is 0.677. The second-order valence-corrected chi connectivity index (χ2v) is 25.2. The number of anilines is 1. The number of nitrogens with two attached hydrogens (primary N) is 1. The van der Waals surface area contributed by atoms with Crippen LogP contribution in [0.25, 0.3) is 0 Å². The first kappa shape index (κ1) is 75.0. The summed E-state index contributed by atoms with van der Waals surface area (Å²) in [7, 11) is 8.59. The Morgan fingerprint density at radius 2 is 1.46 bits per heavy atom. The molecule has 2 aromatic rings. The zero-order chi connectivity index (χ0) is 65.1. The van der Waals surface area contributed by atoms with Gasteiger partial charge in [0.25, 0.3) is 0 Å². The largest absolute Gasteiger partial charge is 0.379 e. The van der Waals surface area contributed by atoms with Crippen molar-refractivity contribution in [1.82, 2.24) is 40.6 Å². The normalized spacial score (nSPS) is 16.4. The number of thioether (sulfide) groups is 1. The van der Waals surface area contributed by atoms with E-state index in [4.69, 9.17) is 15.2 Å². The van der Waals surface area contributed by atoms with Crippen LogP contribution in [-0.2, 0) is 54.4 Å². The third kappa shape index (κ3) is 24.3. The standard InChI is InChI=1S/C65H102N10O11S/c1-16-43(8)60(74(12)63(83)49(40(2)3)35-53(78)59(42(6)7)73(10)11)54(85-13)36-57(81)75-33-21-24-50(75)61(86-14)44(9)51(76)30-31-55(79)68-37-45-26-28-48(29-27-45)71-62(82)47(23-20-32-67-64(66)84)34-52(77)58(41(4)5)72-56(80)25-19-17-18-22-46-38-69-65(87-15)70-39-46/h26-29,38-44,47,49-50,54,58-61H,16-17,19-21,23-25,30-37H2,1-15H3,(H,68,79)(H,71,82)(H,72,80)(H3,66,67,84)/t43-,44-,47+,49-,50-,54+,58-,59-,60-,61+/m0/s1. The van der Waals surface area contributed by atoms with Gasteiger partial charge in [-0.2, -0.15) is 0 Å². The number of unbranched alkanes of at least 4 members (excludes halogenated alkanes) is 1. The Labute approximate surface area is 522 Å². The maximum absolute atomic E-state index is 14.4. The molecule has 0 bridgehead atoms. The SMILES string of the molecule is CC[C@H](C)[C@@H]([C@@H](CC(=O)N1CCC[C@H]1[C@H](OC)[C@@H](C)C(=O)CCC(=O)NCc1ccc(NC(=O)[C@H](CCCNC(N)=O)CC(=O)[C@@H](NC(=O)CCCC#Cc2cnc(SC)nc2)C(C)C)cc1)OC)N(C)C(=O)[C@@H](CC(=O)[C@H](C(C)C)N(C)C)C(C)C. The molecular weight excluding hydrogens is 1130 g/mol. The van der Waals surface area contributed by atoms with E-state index in [0.29, 0.717) is 55.1 Å².